The molecule has 0 amide bonds. The van der Waals surface area contributed by atoms with Crippen LogP contribution in [0.3, 0.4) is 0 Å². The van der Waals surface area contributed by atoms with Gasteiger partial charge in [0.25, 0.3) is 0 Å². The van der Waals surface area contributed by atoms with E-state index in [0.717, 1.165) is 17.7 Å². The maximum Gasteiger partial charge on any atom is 0.194 e. The fourth-order valence-corrected chi connectivity index (χ4v) is 2.85. The molecule has 1 heterocycles. The normalized spacial score (nSPS) is 12.5. The van der Waals surface area contributed by atoms with Crippen LogP contribution in [0.2, 0.25) is 0 Å². The van der Waals surface area contributed by atoms with Gasteiger partial charge < -0.3 is 9.67 Å². The number of benzene rings is 1. The average molecular weight is 327 g/mol. The summed E-state index contributed by atoms with van der Waals surface area (Å²) in [5.74, 6) is 0.302. The molecule has 1 aromatic heterocycles. The molecule has 24 heavy (non-hydrogen) atoms. The first kappa shape index (κ1) is 18.3. The highest BCUT2D eigenvalue weighted by Crippen LogP contribution is 2.40. The van der Waals surface area contributed by atoms with Crippen molar-refractivity contribution in [2.75, 3.05) is 0 Å². The molecule has 3 heteroatoms. The first-order valence-corrected chi connectivity index (χ1v) is 8.53. The second-order valence-electron chi connectivity index (χ2n) is 8.48. The molecule has 0 fully saturated rings. The number of nitrogens with zero attached hydrogens (tertiary/aromatic N) is 1. The van der Waals surface area contributed by atoms with Crippen molar-refractivity contribution in [3.8, 4) is 5.75 Å². The maximum atomic E-state index is 13.0. The fraction of sp³-hybridized carbons (Fsp3) is 0.476. The Morgan fingerprint density at radius 3 is 1.88 bits per heavy atom. The van der Waals surface area contributed by atoms with Crippen molar-refractivity contribution in [3.63, 3.8) is 0 Å². The summed E-state index contributed by atoms with van der Waals surface area (Å²) in [6, 6.07) is 5.54. The summed E-state index contributed by atoms with van der Waals surface area (Å²) in [4.78, 5) is 13.0. The number of hydrogen-bond donors (Lipinski definition) is 1. The standard InChI is InChI=1S/C21H29NO2/c1-8-22-10-9-14(13-22)18(23)15-11-16(20(2,3)4)19(24)17(12-15)21(5,6)7/h9-13,24H,8H2,1-7H3. The third-order valence-electron chi connectivity index (χ3n) is 4.37. The van der Waals surface area contributed by atoms with Crippen molar-refractivity contribution < 1.29 is 9.90 Å². The van der Waals surface area contributed by atoms with E-state index in [4.69, 9.17) is 0 Å². The molecule has 0 atom stereocenters. The predicted octanol–water partition coefficient (Wildman–Crippen LogP) is 5.04. The highest BCUT2D eigenvalue weighted by atomic mass is 16.3. The molecule has 130 valence electrons. The number of aromatic hydroxyl groups is 1. The number of phenols is 1. The van der Waals surface area contributed by atoms with Crippen LogP contribution < -0.4 is 0 Å². The van der Waals surface area contributed by atoms with Gasteiger partial charge in [-0.15, -0.1) is 0 Å². The molecule has 0 radical (unpaired) electrons. The first-order chi connectivity index (χ1) is 10.9. The predicted molar refractivity (Wildman–Crippen MR) is 99.0 cm³/mol. The lowest BCUT2D eigenvalue weighted by molar-refractivity contribution is 0.103. The molecule has 0 saturated heterocycles. The number of hydrogen-bond acceptors (Lipinski definition) is 2. The molecule has 2 aromatic rings. The lowest BCUT2D eigenvalue weighted by Gasteiger charge is -2.28. The van der Waals surface area contributed by atoms with E-state index in [0.29, 0.717) is 16.9 Å². The van der Waals surface area contributed by atoms with E-state index in [1.54, 1.807) is 0 Å². The van der Waals surface area contributed by atoms with E-state index in [9.17, 15) is 9.90 Å². The van der Waals surface area contributed by atoms with E-state index < -0.39 is 0 Å². The molecule has 2 rings (SSSR count). The van der Waals surface area contributed by atoms with Crippen molar-refractivity contribution in [3.05, 3.63) is 52.8 Å². The Bertz CT molecular complexity index is 720. The summed E-state index contributed by atoms with van der Waals surface area (Å²) in [5, 5.41) is 10.8. The van der Waals surface area contributed by atoms with Crippen LogP contribution in [0.1, 0.15) is 75.5 Å². The van der Waals surface area contributed by atoms with Crippen LogP contribution in [0.4, 0.5) is 0 Å². The van der Waals surface area contributed by atoms with Crippen LogP contribution in [-0.2, 0) is 17.4 Å². The Morgan fingerprint density at radius 2 is 1.50 bits per heavy atom. The number of aryl methyl sites for hydroxylation is 1. The van der Waals surface area contributed by atoms with Gasteiger partial charge in [-0.25, -0.2) is 0 Å². The minimum absolute atomic E-state index is 0.00167. The zero-order valence-electron chi connectivity index (χ0n) is 15.9. The van der Waals surface area contributed by atoms with Crippen LogP contribution in [0.5, 0.6) is 5.75 Å². The van der Waals surface area contributed by atoms with Crippen molar-refractivity contribution in [2.45, 2.75) is 65.8 Å². The molecule has 0 unspecified atom stereocenters. The number of ketones is 1. The van der Waals surface area contributed by atoms with Gasteiger partial charge in [0.05, 0.1) is 0 Å². The molecule has 0 bridgehead atoms. The first-order valence-electron chi connectivity index (χ1n) is 8.53. The van der Waals surface area contributed by atoms with E-state index in [2.05, 4.69) is 41.5 Å². The van der Waals surface area contributed by atoms with Crippen molar-refractivity contribution in [1.82, 2.24) is 4.57 Å². The van der Waals surface area contributed by atoms with Crippen LogP contribution in [0.25, 0.3) is 0 Å². The number of rotatable bonds is 3. The van der Waals surface area contributed by atoms with Crippen LogP contribution >= 0.6 is 0 Å². The molecule has 1 aromatic carbocycles. The van der Waals surface area contributed by atoms with Gasteiger partial charge in [0, 0.05) is 41.2 Å². The summed E-state index contributed by atoms with van der Waals surface area (Å²) in [5.41, 5.74) is 2.46. The highest BCUT2D eigenvalue weighted by molar-refractivity contribution is 6.09. The van der Waals surface area contributed by atoms with Gasteiger partial charge in [-0.2, -0.15) is 0 Å². The summed E-state index contributed by atoms with van der Waals surface area (Å²) < 4.78 is 1.99. The van der Waals surface area contributed by atoms with Gasteiger partial charge in [-0.1, -0.05) is 41.5 Å². The average Bonchev–Trinajstić information content (AvgIpc) is 2.93. The van der Waals surface area contributed by atoms with Crippen molar-refractivity contribution in [2.24, 2.45) is 0 Å². The minimum Gasteiger partial charge on any atom is -0.507 e. The van der Waals surface area contributed by atoms with Crippen molar-refractivity contribution in [1.29, 1.82) is 0 Å². The fourth-order valence-electron chi connectivity index (χ4n) is 2.85. The monoisotopic (exact) mass is 327 g/mol. The zero-order valence-corrected chi connectivity index (χ0v) is 15.9. The van der Waals surface area contributed by atoms with Crippen LogP contribution in [0, 0.1) is 0 Å². The molecule has 0 spiro atoms. The van der Waals surface area contributed by atoms with E-state index >= 15 is 0 Å². The van der Waals surface area contributed by atoms with Crippen LogP contribution in [0.15, 0.2) is 30.6 Å². The Hall–Kier alpha value is -2.03. The van der Waals surface area contributed by atoms with E-state index in [-0.39, 0.29) is 16.6 Å². The van der Waals surface area contributed by atoms with Gasteiger partial charge in [-0.05, 0) is 36.0 Å². The third kappa shape index (κ3) is 3.55. The van der Waals surface area contributed by atoms with Gasteiger partial charge in [-0.3, -0.25) is 4.79 Å². The SMILES string of the molecule is CCn1ccc(C(=O)c2cc(C(C)(C)C)c(O)c(C(C)(C)C)c2)c1. The Labute approximate surface area is 145 Å². The number of carbonyl (C=O) groups is 1. The zero-order chi connectivity index (χ0) is 18.3. The summed E-state index contributed by atoms with van der Waals surface area (Å²) in [6.45, 7) is 15.2. The largest absolute Gasteiger partial charge is 0.507 e. The van der Waals surface area contributed by atoms with E-state index in [1.807, 2.05) is 42.1 Å². The second kappa shape index (κ2) is 6.12. The van der Waals surface area contributed by atoms with Crippen LogP contribution in [-0.4, -0.2) is 15.5 Å². The summed E-state index contributed by atoms with van der Waals surface area (Å²) in [7, 11) is 0. The number of carbonyl (C=O) groups excluding carboxylic acids is 1. The number of phenolic OH excluding ortho intramolecular Hbond substituents is 1. The van der Waals surface area contributed by atoms with Gasteiger partial charge in [0.15, 0.2) is 5.78 Å². The third-order valence-corrected chi connectivity index (χ3v) is 4.37. The topological polar surface area (TPSA) is 42.2 Å². The summed E-state index contributed by atoms with van der Waals surface area (Å²) >= 11 is 0. The molecular weight excluding hydrogens is 298 g/mol. The molecule has 0 aliphatic heterocycles. The molecule has 0 aliphatic rings. The highest BCUT2D eigenvalue weighted by Gasteiger charge is 2.28. The lowest BCUT2D eigenvalue weighted by atomic mass is 9.78. The molecular formula is C21H29NO2. The quantitative estimate of drug-likeness (QED) is 0.803. The molecule has 0 aliphatic carbocycles. The lowest BCUT2D eigenvalue weighted by Crippen LogP contribution is -2.19. The van der Waals surface area contributed by atoms with Gasteiger partial charge >= 0.3 is 0 Å². The summed E-state index contributed by atoms with van der Waals surface area (Å²) in [6.07, 6.45) is 3.80. The molecule has 0 saturated carbocycles. The smallest absolute Gasteiger partial charge is 0.194 e. The maximum absolute atomic E-state index is 13.0. The number of aromatic nitrogens is 1. The van der Waals surface area contributed by atoms with Gasteiger partial charge in [0.2, 0.25) is 0 Å². The Morgan fingerprint density at radius 1 is 1.00 bits per heavy atom. The van der Waals surface area contributed by atoms with E-state index in [1.165, 1.54) is 0 Å². The second-order valence-corrected chi connectivity index (χ2v) is 8.48. The Kier molecular flexibility index (Phi) is 4.67. The van der Waals surface area contributed by atoms with Crippen molar-refractivity contribution >= 4 is 5.78 Å². The molecule has 3 nitrogen and oxygen atoms in total. The Balaban J connectivity index is 2.63. The minimum atomic E-state index is -0.240. The molecule has 1 N–H and O–H groups in total. The van der Waals surface area contributed by atoms with Gasteiger partial charge in [0.1, 0.15) is 5.75 Å².